The molecule has 2 N–H and O–H groups in total. The first-order valence-corrected chi connectivity index (χ1v) is 8.43. The van der Waals surface area contributed by atoms with Crippen molar-refractivity contribution < 1.29 is 14.3 Å². The number of carbonyl (C=O) groups excluding carboxylic acids is 2. The second-order valence-corrected chi connectivity index (χ2v) is 6.77. The van der Waals surface area contributed by atoms with Gasteiger partial charge in [0.15, 0.2) is 0 Å². The second-order valence-electron chi connectivity index (χ2n) is 6.77. The molecule has 0 fully saturated rings. The van der Waals surface area contributed by atoms with Crippen LogP contribution in [0.5, 0.6) is 6.01 Å². The molecule has 1 aromatic carbocycles. The minimum absolute atomic E-state index is 0.101. The van der Waals surface area contributed by atoms with E-state index in [1.54, 1.807) is 43.0 Å². The van der Waals surface area contributed by atoms with Crippen LogP contribution in [0.1, 0.15) is 35.5 Å². The summed E-state index contributed by atoms with van der Waals surface area (Å²) in [7, 11) is 1.45. The molecule has 0 spiro atoms. The van der Waals surface area contributed by atoms with E-state index in [2.05, 4.69) is 15.9 Å². The molecule has 0 radical (unpaired) electrons. The summed E-state index contributed by atoms with van der Waals surface area (Å²) >= 11 is 0. The lowest BCUT2D eigenvalue weighted by molar-refractivity contribution is -0.117. The molecule has 0 bridgehead atoms. The number of ketones is 1. The van der Waals surface area contributed by atoms with Gasteiger partial charge in [0.2, 0.25) is 5.78 Å². The molecule has 0 unspecified atom stereocenters. The molecule has 138 valence electrons. The van der Waals surface area contributed by atoms with E-state index < -0.39 is 5.41 Å². The van der Waals surface area contributed by atoms with Crippen LogP contribution < -0.4 is 15.4 Å². The number of carbonyl (C=O) groups is 2. The molecule has 1 aromatic heterocycles. The first-order chi connectivity index (χ1) is 12.8. The molecule has 0 aliphatic carbocycles. The average molecular weight is 364 g/mol. The van der Waals surface area contributed by atoms with Gasteiger partial charge in [-0.1, -0.05) is 12.1 Å². The third-order valence-electron chi connectivity index (χ3n) is 4.80. The normalized spacial score (nSPS) is 13.7. The van der Waals surface area contributed by atoms with E-state index in [-0.39, 0.29) is 23.5 Å². The summed E-state index contributed by atoms with van der Waals surface area (Å²) in [6.45, 7) is 4.01. The maximum atomic E-state index is 12.9. The number of hydrogen-bond acceptors (Lipinski definition) is 6. The Morgan fingerprint density at radius 3 is 2.56 bits per heavy atom. The lowest BCUT2D eigenvalue weighted by atomic mass is 9.81. The van der Waals surface area contributed by atoms with Gasteiger partial charge in [0.1, 0.15) is 11.4 Å². The molecule has 7 nitrogen and oxygen atoms in total. The molecule has 7 heteroatoms. The lowest BCUT2D eigenvalue weighted by Gasteiger charge is -2.29. The Morgan fingerprint density at radius 1 is 1.30 bits per heavy atom. The number of anilines is 2. The zero-order valence-corrected chi connectivity index (χ0v) is 15.4. The van der Waals surface area contributed by atoms with Gasteiger partial charge in [-0.05, 0) is 37.5 Å². The summed E-state index contributed by atoms with van der Waals surface area (Å²) in [5.74, 6) is 1.72. The molecule has 27 heavy (non-hydrogen) atoms. The number of rotatable bonds is 4. The van der Waals surface area contributed by atoms with Crippen LogP contribution in [-0.2, 0) is 16.6 Å². The maximum Gasteiger partial charge on any atom is 0.318 e. The van der Waals surface area contributed by atoms with E-state index >= 15 is 0 Å². The van der Waals surface area contributed by atoms with Crippen molar-refractivity contribution in [2.24, 2.45) is 0 Å². The van der Waals surface area contributed by atoms with Crippen molar-refractivity contribution in [1.82, 2.24) is 9.97 Å². The summed E-state index contributed by atoms with van der Waals surface area (Å²) in [5, 5.41) is 0. The molecule has 1 aliphatic heterocycles. The summed E-state index contributed by atoms with van der Waals surface area (Å²) in [6.07, 6.45) is 5.79. The van der Waals surface area contributed by atoms with Crippen LogP contribution in [-0.4, -0.2) is 35.3 Å². The molecular weight excluding hydrogens is 344 g/mol. The summed E-state index contributed by atoms with van der Waals surface area (Å²) in [4.78, 5) is 34.7. The average Bonchev–Trinajstić information content (AvgIpc) is 2.67. The van der Waals surface area contributed by atoms with Gasteiger partial charge in [-0.25, -0.2) is 0 Å². The summed E-state index contributed by atoms with van der Waals surface area (Å²) in [5.41, 5.74) is 7.52. The van der Waals surface area contributed by atoms with Gasteiger partial charge < -0.3 is 15.4 Å². The van der Waals surface area contributed by atoms with Crippen molar-refractivity contribution in [1.29, 1.82) is 0 Å². The van der Waals surface area contributed by atoms with Crippen LogP contribution in [0.25, 0.3) is 0 Å². The fourth-order valence-electron chi connectivity index (χ4n) is 3.08. The molecule has 0 atom stereocenters. The lowest BCUT2D eigenvalue weighted by Crippen LogP contribution is -2.39. The Labute approximate surface area is 157 Å². The number of nitrogens with zero attached hydrogens (tertiary/aromatic N) is 3. The first kappa shape index (κ1) is 18.4. The molecule has 1 aliphatic rings. The zero-order valence-electron chi connectivity index (χ0n) is 15.4. The van der Waals surface area contributed by atoms with E-state index in [0.29, 0.717) is 29.9 Å². The second kappa shape index (κ2) is 6.72. The molecular formula is C20H20N4O3. The number of nitrogens with two attached hydrogens (primary N) is 1. The molecule has 1 amide bonds. The standard InChI is InChI=1S/C20H20N4O3/c1-5-15(25)20(2,3)12-6-8-13(9-7-12)24-11-10-14-16(18(24)26)17(21)23-19(22-14)27-4/h1,6-9H,10-11H2,2-4H3,(H2,21,22,23). The molecule has 2 aromatic rings. The quantitative estimate of drug-likeness (QED) is 0.656. The van der Waals surface area contributed by atoms with E-state index in [0.717, 1.165) is 5.56 Å². The maximum absolute atomic E-state index is 12.9. The monoisotopic (exact) mass is 364 g/mol. The Kier molecular flexibility index (Phi) is 4.58. The Balaban J connectivity index is 1.92. The number of Topliss-reactive ketones (excluding diaryl/α,β-unsaturated/α-hetero) is 1. The number of amides is 1. The number of fused-ring (bicyclic) bond motifs is 1. The summed E-state index contributed by atoms with van der Waals surface area (Å²) < 4.78 is 5.01. The van der Waals surface area contributed by atoms with Crippen molar-refractivity contribution in [3.8, 4) is 18.4 Å². The number of terminal acetylenes is 1. The number of ether oxygens (including phenoxy) is 1. The van der Waals surface area contributed by atoms with Gasteiger partial charge in [-0.3, -0.25) is 9.59 Å². The predicted molar refractivity (Wildman–Crippen MR) is 102 cm³/mol. The van der Waals surface area contributed by atoms with Crippen LogP contribution in [0, 0.1) is 12.3 Å². The molecule has 0 saturated carbocycles. The topological polar surface area (TPSA) is 98.4 Å². The number of benzene rings is 1. The molecule has 3 rings (SSSR count). The van der Waals surface area contributed by atoms with Crippen LogP contribution >= 0.6 is 0 Å². The Hall–Kier alpha value is -3.40. The van der Waals surface area contributed by atoms with E-state index in [1.807, 2.05) is 0 Å². The predicted octanol–water partition coefficient (Wildman–Crippen LogP) is 1.75. The highest BCUT2D eigenvalue weighted by Gasteiger charge is 2.31. The minimum atomic E-state index is -0.791. The fraction of sp³-hybridized carbons (Fsp3) is 0.300. The number of aromatic nitrogens is 2. The number of hydrogen-bond donors (Lipinski definition) is 1. The van der Waals surface area contributed by atoms with Crippen LogP contribution in [0.4, 0.5) is 11.5 Å². The highest BCUT2D eigenvalue weighted by Crippen LogP contribution is 2.30. The van der Waals surface area contributed by atoms with Gasteiger partial charge in [0, 0.05) is 18.7 Å². The largest absolute Gasteiger partial charge is 0.467 e. The first-order valence-electron chi connectivity index (χ1n) is 8.43. The van der Waals surface area contributed by atoms with E-state index in [4.69, 9.17) is 16.9 Å². The minimum Gasteiger partial charge on any atom is -0.467 e. The van der Waals surface area contributed by atoms with Gasteiger partial charge >= 0.3 is 6.01 Å². The van der Waals surface area contributed by atoms with Gasteiger partial charge in [-0.15, -0.1) is 6.42 Å². The van der Waals surface area contributed by atoms with E-state index in [9.17, 15) is 9.59 Å². The van der Waals surface area contributed by atoms with E-state index in [1.165, 1.54) is 7.11 Å². The van der Waals surface area contributed by atoms with Crippen LogP contribution in [0.2, 0.25) is 0 Å². The van der Waals surface area contributed by atoms with Gasteiger partial charge in [-0.2, -0.15) is 9.97 Å². The SMILES string of the molecule is C#CC(=O)C(C)(C)c1ccc(N2CCc3nc(OC)nc(N)c3C2=O)cc1. The molecule has 2 heterocycles. The van der Waals surface area contributed by atoms with Crippen molar-refractivity contribution in [3.05, 3.63) is 41.1 Å². The fourth-order valence-corrected chi connectivity index (χ4v) is 3.08. The van der Waals surface area contributed by atoms with Crippen LogP contribution in [0.3, 0.4) is 0 Å². The van der Waals surface area contributed by atoms with Crippen molar-refractivity contribution >= 4 is 23.2 Å². The van der Waals surface area contributed by atoms with Crippen LogP contribution in [0.15, 0.2) is 24.3 Å². The van der Waals surface area contributed by atoms with Crippen molar-refractivity contribution in [2.75, 3.05) is 24.3 Å². The highest BCUT2D eigenvalue weighted by atomic mass is 16.5. The Bertz CT molecular complexity index is 958. The number of methoxy groups -OCH3 is 1. The third-order valence-corrected chi connectivity index (χ3v) is 4.80. The van der Waals surface area contributed by atoms with Crippen molar-refractivity contribution in [2.45, 2.75) is 25.7 Å². The third kappa shape index (κ3) is 3.10. The Morgan fingerprint density at radius 2 is 1.96 bits per heavy atom. The number of nitrogen functional groups attached to an aromatic ring is 1. The zero-order chi connectivity index (χ0) is 19.8. The molecule has 0 saturated heterocycles. The smallest absolute Gasteiger partial charge is 0.318 e. The van der Waals surface area contributed by atoms with Crippen molar-refractivity contribution in [3.63, 3.8) is 0 Å². The van der Waals surface area contributed by atoms with Gasteiger partial charge in [0.25, 0.3) is 5.91 Å². The highest BCUT2D eigenvalue weighted by molar-refractivity contribution is 6.10. The summed E-state index contributed by atoms with van der Waals surface area (Å²) in [6, 6.07) is 7.36. The van der Waals surface area contributed by atoms with Gasteiger partial charge in [0.05, 0.1) is 18.2 Å².